The van der Waals surface area contributed by atoms with Gasteiger partial charge in [0.2, 0.25) is 5.91 Å². The summed E-state index contributed by atoms with van der Waals surface area (Å²) in [7, 11) is 0. The summed E-state index contributed by atoms with van der Waals surface area (Å²) >= 11 is 3.27. The van der Waals surface area contributed by atoms with Crippen molar-refractivity contribution < 1.29 is 14.7 Å². The van der Waals surface area contributed by atoms with E-state index in [2.05, 4.69) is 5.32 Å². The van der Waals surface area contributed by atoms with Gasteiger partial charge in [0.05, 0.1) is 5.92 Å². The number of thiophene rings is 1. The van der Waals surface area contributed by atoms with Gasteiger partial charge in [0.25, 0.3) is 0 Å². The van der Waals surface area contributed by atoms with Crippen molar-refractivity contribution in [2.45, 2.75) is 31.2 Å². The number of rotatable bonds is 4. The molecule has 1 amide bonds. The van der Waals surface area contributed by atoms with Crippen LogP contribution in [0.5, 0.6) is 0 Å². The number of thioether (sulfide) groups is 1. The van der Waals surface area contributed by atoms with E-state index in [1.54, 1.807) is 11.8 Å². The quantitative estimate of drug-likeness (QED) is 0.895. The molecule has 1 aromatic heterocycles. The van der Waals surface area contributed by atoms with Crippen molar-refractivity contribution in [3.05, 3.63) is 22.4 Å². The predicted molar refractivity (Wildman–Crippen MR) is 77.8 cm³/mol. The zero-order chi connectivity index (χ0) is 13.9. The number of hydrogen-bond acceptors (Lipinski definition) is 4. The Labute approximate surface area is 120 Å². The van der Waals surface area contributed by atoms with E-state index in [9.17, 15) is 14.7 Å². The van der Waals surface area contributed by atoms with Gasteiger partial charge in [-0.3, -0.25) is 4.79 Å². The Morgan fingerprint density at radius 2 is 2.11 bits per heavy atom. The van der Waals surface area contributed by atoms with Crippen LogP contribution in [0.4, 0.5) is 0 Å². The molecule has 0 aromatic carbocycles. The van der Waals surface area contributed by atoms with Crippen molar-refractivity contribution in [3.63, 3.8) is 0 Å². The zero-order valence-corrected chi connectivity index (χ0v) is 12.4. The first-order chi connectivity index (χ1) is 9.05. The van der Waals surface area contributed by atoms with E-state index < -0.39 is 11.5 Å². The molecule has 1 fully saturated rings. The van der Waals surface area contributed by atoms with Gasteiger partial charge in [-0.15, -0.1) is 0 Å². The van der Waals surface area contributed by atoms with Crippen LogP contribution in [-0.4, -0.2) is 34.0 Å². The Hall–Kier alpha value is -1.01. The van der Waals surface area contributed by atoms with Crippen LogP contribution >= 0.6 is 23.1 Å². The SMILES string of the molecule is CC(C(=O)NC1(C(=O)O)CCSCC1)c1ccsc1. The average molecular weight is 299 g/mol. The van der Waals surface area contributed by atoms with Gasteiger partial charge >= 0.3 is 5.97 Å². The Kier molecular flexibility index (Phi) is 4.52. The molecular formula is C13H17NO3S2. The summed E-state index contributed by atoms with van der Waals surface area (Å²) < 4.78 is 0. The first-order valence-electron chi connectivity index (χ1n) is 6.20. The molecule has 0 saturated carbocycles. The van der Waals surface area contributed by atoms with Crippen LogP contribution in [-0.2, 0) is 9.59 Å². The smallest absolute Gasteiger partial charge is 0.329 e. The fourth-order valence-electron chi connectivity index (χ4n) is 2.13. The number of amides is 1. The van der Waals surface area contributed by atoms with E-state index in [-0.39, 0.29) is 11.8 Å². The molecule has 2 rings (SSSR count). The number of carboxylic acids is 1. The van der Waals surface area contributed by atoms with Gasteiger partial charge in [-0.2, -0.15) is 23.1 Å². The van der Waals surface area contributed by atoms with E-state index in [1.807, 2.05) is 23.8 Å². The first-order valence-corrected chi connectivity index (χ1v) is 8.30. The van der Waals surface area contributed by atoms with Gasteiger partial charge in [-0.05, 0) is 53.7 Å². The van der Waals surface area contributed by atoms with E-state index in [0.29, 0.717) is 12.8 Å². The van der Waals surface area contributed by atoms with E-state index >= 15 is 0 Å². The molecule has 1 unspecified atom stereocenters. The Morgan fingerprint density at radius 3 is 2.63 bits per heavy atom. The molecular weight excluding hydrogens is 282 g/mol. The fourth-order valence-corrected chi connectivity index (χ4v) is 4.07. The van der Waals surface area contributed by atoms with Crippen molar-refractivity contribution in [2.24, 2.45) is 0 Å². The van der Waals surface area contributed by atoms with Crippen LogP contribution in [0, 0.1) is 0 Å². The van der Waals surface area contributed by atoms with Crippen molar-refractivity contribution in [1.82, 2.24) is 5.32 Å². The monoisotopic (exact) mass is 299 g/mol. The molecule has 0 radical (unpaired) electrons. The number of carbonyl (C=O) groups excluding carboxylic acids is 1. The molecule has 0 spiro atoms. The molecule has 1 aliphatic heterocycles. The van der Waals surface area contributed by atoms with Crippen molar-refractivity contribution in [3.8, 4) is 0 Å². The van der Waals surface area contributed by atoms with Gasteiger partial charge in [0, 0.05) is 0 Å². The molecule has 1 aromatic rings. The standard InChI is InChI=1S/C13H17NO3S2/c1-9(10-2-5-19-8-10)11(15)14-13(12(16)17)3-6-18-7-4-13/h2,5,8-9H,3-4,6-7H2,1H3,(H,14,15)(H,16,17). The minimum Gasteiger partial charge on any atom is -0.480 e. The van der Waals surface area contributed by atoms with Gasteiger partial charge < -0.3 is 10.4 Å². The summed E-state index contributed by atoms with van der Waals surface area (Å²) in [5, 5.41) is 16.0. The second kappa shape index (κ2) is 5.96. The fraction of sp³-hybridized carbons (Fsp3) is 0.538. The Morgan fingerprint density at radius 1 is 1.42 bits per heavy atom. The summed E-state index contributed by atoms with van der Waals surface area (Å²) in [6, 6.07) is 1.90. The topological polar surface area (TPSA) is 66.4 Å². The molecule has 2 N–H and O–H groups in total. The first kappa shape index (κ1) is 14.4. The molecule has 0 aliphatic carbocycles. The Bertz CT molecular complexity index is 452. The molecule has 1 saturated heterocycles. The lowest BCUT2D eigenvalue weighted by molar-refractivity contribution is -0.148. The predicted octanol–water partition coefficient (Wildman–Crippen LogP) is 2.32. The third-order valence-corrected chi connectivity index (χ3v) is 5.24. The van der Waals surface area contributed by atoms with Crippen molar-refractivity contribution in [1.29, 1.82) is 0 Å². The minimum absolute atomic E-state index is 0.201. The van der Waals surface area contributed by atoms with Crippen LogP contribution in [0.25, 0.3) is 0 Å². The highest BCUT2D eigenvalue weighted by molar-refractivity contribution is 7.99. The molecule has 1 atom stereocenters. The highest BCUT2D eigenvalue weighted by atomic mass is 32.2. The van der Waals surface area contributed by atoms with Crippen LogP contribution in [0.1, 0.15) is 31.2 Å². The molecule has 2 heterocycles. The lowest BCUT2D eigenvalue weighted by Crippen LogP contribution is -2.57. The lowest BCUT2D eigenvalue weighted by atomic mass is 9.91. The third kappa shape index (κ3) is 3.12. The zero-order valence-electron chi connectivity index (χ0n) is 10.7. The van der Waals surface area contributed by atoms with Crippen LogP contribution < -0.4 is 5.32 Å². The maximum Gasteiger partial charge on any atom is 0.329 e. The van der Waals surface area contributed by atoms with Crippen LogP contribution in [0.2, 0.25) is 0 Å². The number of aliphatic carboxylic acids is 1. The minimum atomic E-state index is -1.08. The summed E-state index contributed by atoms with van der Waals surface area (Å²) in [6.07, 6.45) is 0.990. The average Bonchev–Trinajstić information content (AvgIpc) is 2.92. The van der Waals surface area contributed by atoms with Crippen LogP contribution in [0.15, 0.2) is 16.8 Å². The van der Waals surface area contributed by atoms with E-state index in [0.717, 1.165) is 17.1 Å². The lowest BCUT2D eigenvalue weighted by Gasteiger charge is -2.34. The molecule has 19 heavy (non-hydrogen) atoms. The second-order valence-electron chi connectivity index (χ2n) is 4.77. The second-order valence-corrected chi connectivity index (χ2v) is 6.77. The normalized spacial score (nSPS) is 19.6. The maximum atomic E-state index is 12.2. The summed E-state index contributed by atoms with van der Waals surface area (Å²) in [4.78, 5) is 23.7. The van der Waals surface area contributed by atoms with Crippen LogP contribution in [0.3, 0.4) is 0 Å². The largest absolute Gasteiger partial charge is 0.480 e. The highest BCUT2D eigenvalue weighted by Gasteiger charge is 2.42. The highest BCUT2D eigenvalue weighted by Crippen LogP contribution is 2.29. The maximum absolute atomic E-state index is 12.2. The van der Waals surface area contributed by atoms with Crippen molar-refractivity contribution >= 4 is 35.0 Å². The number of carboxylic acid groups (broad SMARTS) is 1. The summed E-state index contributed by atoms with van der Waals surface area (Å²) in [6.45, 7) is 1.81. The third-order valence-electron chi connectivity index (χ3n) is 3.55. The Balaban J connectivity index is 2.09. The molecule has 104 valence electrons. The molecule has 0 bridgehead atoms. The summed E-state index contributed by atoms with van der Waals surface area (Å²) in [5.74, 6) is 0.127. The molecule has 6 heteroatoms. The van der Waals surface area contributed by atoms with Gasteiger partial charge in [-0.1, -0.05) is 0 Å². The van der Waals surface area contributed by atoms with E-state index in [4.69, 9.17) is 0 Å². The number of hydrogen-bond donors (Lipinski definition) is 2. The van der Waals surface area contributed by atoms with Gasteiger partial charge in [0.1, 0.15) is 5.54 Å². The number of nitrogens with one attached hydrogen (secondary N) is 1. The van der Waals surface area contributed by atoms with Crippen molar-refractivity contribution in [2.75, 3.05) is 11.5 Å². The number of carbonyl (C=O) groups is 2. The van der Waals surface area contributed by atoms with Gasteiger partial charge in [-0.25, -0.2) is 4.79 Å². The molecule has 4 nitrogen and oxygen atoms in total. The molecule has 1 aliphatic rings. The summed E-state index contributed by atoms with van der Waals surface area (Å²) in [5.41, 5.74) is -0.139. The van der Waals surface area contributed by atoms with Gasteiger partial charge in [0.15, 0.2) is 0 Å². The van der Waals surface area contributed by atoms with E-state index in [1.165, 1.54) is 11.3 Å².